The Hall–Kier alpha value is -1.23. The molecule has 2 N–H and O–H groups in total. The number of rotatable bonds is 7. The van der Waals surface area contributed by atoms with Gasteiger partial charge in [-0.15, -0.1) is 5.10 Å². The number of nitrogens with zero attached hydrogens (tertiary/aromatic N) is 4. The summed E-state index contributed by atoms with van der Waals surface area (Å²) in [7, 11) is 1.65. The minimum absolute atomic E-state index is 0.487. The zero-order valence-corrected chi connectivity index (χ0v) is 10.0. The van der Waals surface area contributed by atoms with Gasteiger partial charge in [0.15, 0.2) is 0 Å². The van der Waals surface area contributed by atoms with Gasteiger partial charge in [-0.2, -0.15) is 5.26 Å². The second-order valence-corrected chi connectivity index (χ2v) is 4.05. The Labute approximate surface area is 98.8 Å². The highest BCUT2D eigenvalue weighted by atomic mass is 32.1. The Bertz CT molecular complexity index is 348. The van der Waals surface area contributed by atoms with Crippen molar-refractivity contribution in [2.45, 2.75) is 13.0 Å². The van der Waals surface area contributed by atoms with Crippen molar-refractivity contribution in [3.8, 4) is 6.07 Å². The van der Waals surface area contributed by atoms with Crippen LogP contribution in [-0.4, -0.2) is 41.3 Å². The van der Waals surface area contributed by atoms with E-state index in [1.165, 1.54) is 11.5 Å². The van der Waals surface area contributed by atoms with Crippen LogP contribution in [0, 0.1) is 11.3 Å². The molecule has 1 heterocycles. The van der Waals surface area contributed by atoms with Gasteiger partial charge in [-0.25, -0.2) is 0 Å². The molecule has 0 bridgehead atoms. The van der Waals surface area contributed by atoms with Crippen molar-refractivity contribution < 1.29 is 4.74 Å². The SMILES string of the molecule is COCCN(CCC#N)Cc1nnsc1N. The van der Waals surface area contributed by atoms with Crippen molar-refractivity contribution in [1.82, 2.24) is 14.5 Å². The summed E-state index contributed by atoms with van der Waals surface area (Å²) >= 11 is 1.19. The van der Waals surface area contributed by atoms with Crippen molar-refractivity contribution in [2.24, 2.45) is 0 Å². The Morgan fingerprint density at radius 2 is 2.38 bits per heavy atom. The number of ether oxygens (including phenoxy) is 1. The predicted molar refractivity (Wildman–Crippen MR) is 61.7 cm³/mol. The fraction of sp³-hybridized carbons (Fsp3) is 0.667. The number of nitriles is 1. The second kappa shape index (κ2) is 7.11. The molecule has 0 aromatic carbocycles. The van der Waals surface area contributed by atoms with Crippen LogP contribution in [0.25, 0.3) is 0 Å². The molecule has 88 valence electrons. The molecule has 0 saturated heterocycles. The summed E-state index contributed by atoms with van der Waals surface area (Å²) in [4.78, 5) is 2.08. The van der Waals surface area contributed by atoms with Crippen LogP contribution in [0.1, 0.15) is 12.1 Å². The van der Waals surface area contributed by atoms with E-state index < -0.39 is 0 Å². The molecule has 0 saturated carbocycles. The standard InChI is InChI=1S/C9H15N5OS/c1-15-6-5-14(4-2-3-10)7-8-9(11)16-13-12-8/h2,4-7,11H2,1H3. The molecule has 1 rings (SSSR count). The molecule has 0 aliphatic heterocycles. The number of nitrogen functional groups attached to an aromatic ring is 1. The predicted octanol–water partition coefficient (Wildman–Crippen LogP) is 0.482. The van der Waals surface area contributed by atoms with Crippen molar-refractivity contribution in [3.05, 3.63) is 5.69 Å². The number of aromatic nitrogens is 2. The average Bonchev–Trinajstić information content (AvgIpc) is 2.68. The van der Waals surface area contributed by atoms with E-state index in [4.69, 9.17) is 15.7 Å². The second-order valence-electron chi connectivity index (χ2n) is 3.26. The molecule has 0 spiro atoms. The fourth-order valence-corrected chi connectivity index (χ4v) is 1.67. The summed E-state index contributed by atoms with van der Waals surface area (Å²) in [6.07, 6.45) is 0.487. The number of nitrogens with two attached hydrogens (primary N) is 1. The quantitative estimate of drug-likeness (QED) is 0.747. The number of hydrogen-bond acceptors (Lipinski definition) is 7. The van der Waals surface area contributed by atoms with E-state index in [0.717, 1.165) is 12.2 Å². The first-order valence-corrected chi connectivity index (χ1v) is 5.70. The molecule has 1 aromatic rings. The summed E-state index contributed by atoms with van der Waals surface area (Å²) in [5, 5.41) is 13.2. The van der Waals surface area contributed by atoms with Crippen LogP contribution in [0.5, 0.6) is 0 Å². The topological polar surface area (TPSA) is 88.1 Å². The van der Waals surface area contributed by atoms with E-state index in [9.17, 15) is 0 Å². The van der Waals surface area contributed by atoms with E-state index in [1.54, 1.807) is 7.11 Å². The summed E-state index contributed by atoms with van der Waals surface area (Å²) < 4.78 is 8.79. The first-order valence-electron chi connectivity index (χ1n) is 4.93. The molecule has 16 heavy (non-hydrogen) atoms. The molecule has 0 atom stereocenters. The molecule has 0 aliphatic rings. The average molecular weight is 241 g/mol. The molecule has 0 amide bonds. The maximum absolute atomic E-state index is 8.56. The van der Waals surface area contributed by atoms with Gasteiger partial charge in [-0.3, -0.25) is 4.90 Å². The van der Waals surface area contributed by atoms with E-state index in [-0.39, 0.29) is 0 Å². The molecule has 0 radical (unpaired) electrons. The van der Waals surface area contributed by atoms with Crippen LogP contribution in [0.15, 0.2) is 0 Å². The highest BCUT2D eigenvalue weighted by molar-refractivity contribution is 7.09. The van der Waals surface area contributed by atoms with Gasteiger partial charge in [0.25, 0.3) is 0 Å². The lowest BCUT2D eigenvalue weighted by Gasteiger charge is -2.19. The number of hydrogen-bond donors (Lipinski definition) is 1. The highest BCUT2D eigenvalue weighted by Crippen LogP contribution is 2.14. The normalized spacial score (nSPS) is 10.6. The third kappa shape index (κ3) is 4.10. The maximum Gasteiger partial charge on any atom is 0.132 e. The third-order valence-corrected chi connectivity index (χ3v) is 2.71. The lowest BCUT2D eigenvalue weighted by atomic mass is 10.3. The molecule has 7 heteroatoms. The van der Waals surface area contributed by atoms with Crippen molar-refractivity contribution >= 4 is 16.5 Å². The summed E-state index contributed by atoms with van der Waals surface area (Å²) in [6, 6.07) is 2.12. The van der Waals surface area contributed by atoms with Crippen LogP contribution in [0.3, 0.4) is 0 Å². The first-order chi connectivity index (χ1) is 7.77. The van der Waals surface area contributed by atoms with Gasteiger partial charge in [0.1, 0.15) is 10.7 Å². The lowest BCUT2D eigenvalue weighted by molar-refractivity contribution is 0.145. The Kier molecular flexibility index (Phi) is 5.71. The molecule has 1 aromatic heterocycles. The Balaban J connectivity index is 2.49. The van der Waals surface area contributed by atoms with E-state index in [2.05, 4.69) is 20.6 Å². The van der Waals surface area contributed by atoms with Gasteiger partial charge in [0.2, 0.25) is 0 Å². The monoisotopic (exact) mass is 241 g/mol. The minimum Gasteiger partial charge on any atom is -0.388 e. The van der Waals surface area contributed by atoms with Gasteiger partial charge < -0.3 is 10.5 Å². The van der Waals surface area contributed by atoms with Gasteiger partial charge in [0.05, 0.1) is 12.7 Å². The maximum atomic E-state index is 8.56. The summed E-state index contributed by atoms with van der Waals surface area (Å²) in [5.74, 6) is 0. The van der Waals surface area contributed by atoms with Crippen molar-refractivity contribution in [1.29, 1.82) is 5.26 Å². The van der Waals surface area contributed by atoms with Crippen molar-refractivity contribution in [2.75, 3.05) is 32.5 Å². The van der Waals surface area contributed by atoms with Gasteiger partial charge in [-0.05, 0) is 0 Å². The lowest BCUT2D eigenvalue weighted by Crippen LogP contribution is -2.28. The molecular formula is C9H15N5OS. The van der Waals surface area contributed by atoms with Crippen LogP contribution < -0.4 is 5.73 Å². The van der Waals surface area contributed by atoms with Crippen LogP contribution in [0.4, 0.5) is 5.00 Å². The fourth-order valence-electron chi connectivity index (χ4n) is 1.24. The Morgan fingerprint density at radius 1 is 1.56 bits per heavy atom. The Morgan fingerprint density at radius 3 is 2.94 bits per heavy atom. The molecule has 0 aliphatic carbocycles. The zero-order valence-electron chi connectivity index (χ0n) is 9.22. The largest absolute Gasteiger partial charge is 0.388 e. The number of anilines is 1. The van der Waals surface area contributed by atoms with E-state index >= 15 is 0 Å². The summed E-state index contributed by atoms with van der Waals surface area (Å²) in [6.45, 7) is 2.70. The van der Waals surface area contributed by atoms with Crippen LogP contribution in [0.2, 0.25) is 0 Å². The summed E-state index contributed by atoms with van der Waals surface area (Å²) in [5.41, 5.74) is 6.49. The minimum atomic E-state index is 0.487. The van der Waals surface area contributed by atoms with Crippen molar-refractivity contribution in [3.63, 3.8) is 0 Å². The molecule has 0 fully saturated rings. The third-order valence-electron chi connectivity index (χ3n) is 2.11. The molecule has 6 nitrogen and oxygen atoms in total. The molecule has 0 unspecified atom stereocenters. The molecular weight excluding hydrogens is 226 g/mol. The van der Waals surface area contributed by atoms with Crippen LogP contribution >= 0.6 is 11.5 Å². The smallest absolute Gasteiger partial charge is 0.132 e. The van der Waals surface area contributed by atoms with E-state index in [1.807, 2.05) is 0 Å². The number of methoxy groups -OCH3 is 1. The van der Waals surface area contributed by atoms with Gasteiger partial charge in [-0.1, -0.05) is 4.49 Å². The van der Waals surface area contributed by atoms with Crippen LogP contribution in [-0.2, 0) is 11.3 Å². The highest BCUT2D eigenvalue weighted by Gasteiger charge is 2.10. The van der Waals surface area contributed by atoms with Gasteiger partial charge in [0, 0.05) is 44.7 Å². The zero-order chi connectivity index (χ0) is 11.8. The van der Waals surface area contributed by atoms with Gasteiger partial charge >= 0.3 is 0 Å². The van der Waals surface area contributed by atoms with E-state index in [0.29, 0.717) is 31.1 Å². The first kappa shape index (κ1) is 12.8.